The number of nitrogens with zero attached hydrogens (tertiary/aromatic N) is 3. The summed E-state index contributed by atoms with van der Waals surface area (Å²) in [4.78, 5) is 19.4. The number of sulfonamides is 1. The molecule has 158 valence electrons. The average Bonchev–Trinajstić information content (AvgIpc) is 3.35. The summed E-state index contributed by atoms with van der Waals surface area (Å²) < 4.78 is 45.5. The van der Waals surface area contributed by atoms with E-state index in [0.29, 0.717) is 48.9 Å². The van der Waals surface area contributed by atoms with Crippen molar-refractivity contribution in [1.82, 2.24) is 9.29 Å². The van der Waals surface area contributed by atoms with Gasteiger partial charge in [0, 0.05) is 25.6 Å². The van der Waals surface area contributed by atoms with Crippen LogP contribution in [0.3, 0.4) is 0 Å². The quantitative estimate of drug-likeness (QED) is 0.713. The fourth-order valence-corrected chi connectivity index (χ4v) is 5.80. The van der Waals surface area contributed by atoms with Gasteiger partial charge in [-0.2, -0.15) is 0 Å². The van der Waals surface area contributed by atoms with E-state index >= 15 is 0 Å². The number of para-hydroxylation sites is 1. The van der Waals surface area contributed by atoms with Crippen molar-refractivity contribution in [3.05, 3.63) is 24.0 Å². The maximum atomic E-state index is 14.1. The number of piperidine rings is 1. The molecule has 0 spiro atoms. The minimum Gasteiger partial charge on any atom is -0.376 e. The molecule has 0 saturated carbocycles. The Morgan fingerprint density at radius 2 is 2.10 bits per heavy atom. The summed E-state index contributed by atoms with van der Waals surface area (Å²) in [7, 11) is -3.25. The zero-order chi connectivity index (χ0) is 20.6. The van der Waals surface area contributed by atoms with Crippen molar-refractivity contribution in [1.29, 1.82) is 0 Å². The van der Waals surface area contributed by atoms with Gasteiger partial charge < -0.3 is 4.74 Å². The fraction of sp³-hybridized carbons (Fsp3) is 0.579. The van der Waals surface area contributed by atoms with Gasteiger partial charge in [0.1, 0.15) is 11.3 Å². The Kier molecular flexibility index (Phi) is 5.87. The molecular formula is C19H24FN3O4S2. The normalized spacial score (nSPS) is 21.7. The highest BCUT2D eigenvalue weighted by molar-refractivity contribution is 7.88. The van der Waals surface area contributed by atoms with E-state index in [1.54, 1.807) is 17.0 Å². The number of halogens is 1. The highest BCUT2D eigenvalue weighted by atomic mass is 32.2. The first kappa shape index (κ1) is 20.6. The van der Waals surface area contributed by atoms with Crippen molar-refractivity contribution < 1.29 is 22.3 Å². The number of anilines is 1. The first-order valence-corrected chi connectivity index (χ1v) is 12.4. The molecule has 2 aliphatic heterocycles. The maximum Gasteiger partial charge on any atom is 0.232 e. The van der Waals surface area contributed by atoms with Crippen LogP contribution in [0.15, 0.2) is 18.2 Å². The number of thiazole rings is 1. The summed E-state index contributed by atoms with van der Waals surface area (Å²) in [6.07, 6.45) is 3.88. The van der Waals surface area contributed by atoms with Crippen molar-refractivity contribution in [3.63, 3.8) is 0 Å². The van der Waals surface area contributed by atoms with E-state index in [1.165, 1.54) is 28.0 Å². The van der Waals surface area contributed by atoms with Gasteiger partial charge in [0.15, 0.2) is 5.13 Å². The molecule has 4 rings (SSSR count). The Morgan fingerprint density at radius 1 is 1.34 bits per heavy atom. The summed E-state index contributed by atoms with van der Waals surface area (Å²) in [5, 5.41) is 0.469. The van der Waals surface area contributed by atoms with Gasteiger partial charge in [-0.1, -0.05) is 17.4 Å². The zero-order valence-electron chi connectivity index (χ0n) is 16.2. The van der Waals surface area contributed by atoms with E-state index in [0.717, 1.165) is 12.8 Å². The van der Waals surface area contributed by atoms with Crippen LogP contribution in [-0.4, -0.2) is 62.2 Å². The number of aromatic nitrogens is 1. The van der Waals surface area contributed by atoms with Crippen molar-refractivity contribution in [3.8, 4) is 0 Å². The second-order valence-corrected chi connectivity index (χ2v) is 10.6. The number of amides is 1. The number of hydrogen-bond donors (Lipinski definition) is 0. The van der Waals surface area contributed by atoms with E-state index in [2.05, 4.69) is 4.98 Å². The van der Waals surface area contributed by atoms with Crippen LogP contribution >= 0.6 is 11.3 Å². The molecule has 2 aliphatic rings. The zero-order valence-corrected chi connectivity index (χ0v) is 17.8. The number of carbonyl (C=O) groups is 1. The average molecular weight is 442 g/mol. The number of carbonyl (C=O) groups excluding carboxylic acids is 1. The molecule has 7 nitrogen and oxygen atoms in total. The third kappa shape index (κ3) is 4.45. The molecule has 10 heteroatoms. The van der Waals surface area contributed by atoms with Gasteiger partial charge in [-0.15, -0.1) is 0 Å². The molecular weight excluding hydrogens is 417 g/mol. The number of hydrogen-bond acceptors (Lipinski definition) is 6. The second-order valence-electron chi connectivity index (χ2n) is 7.60. The summed E-state index contributed by atoms with van der Waals surface area (Å²) in [6, 6.07) is 4.78. The van der Waals surface area contributed by atoms with Crippen LogP contribution in [0.2, 0.25) is 0 Å². The van der Waals surface area contributed by atoms with Gasteiger partial charge in [0.2, 0.25) is 15.9 Å². The van der Waals surface area contributed by atoms with Crippen molar-refractivity contribution in [2.75, 3.05) is 37.4 Å². The smallest absolute Gasteiger partial charge is 0.232 e. The van der Waals surface area contributed by atoms with Gasteiger partial charge in [-0.3, -0.25) is 9.69 Å². The molecule has 1 aromatic heterocycles. The molecule has 1 aromatic carbocycles. The lowest BCUT2D eigenvalue weighted by Crippen LogP contribution is -2.46. The number of benzene rings is 1. The summed E-state index contributed by atoms with van der Waals surface area (Å²) in [5.41, 5.74) is 0.268. The van der Waals surface area contributed by atoms with Crippen LogP contribution in [0.1, 0.15) is 25.7 Å². The van der Waals surface area contributed by atoms with Gasteiger partial charge >= 0.3 is 0 Å². The van der Waals surface area contributed by atoms with Crippen LogP contribution in [-0.2, 0) is 19.6 Å². The number of fused-ring (bicyclic) bond motifs is 1. The van der Waals surface area contributed by atoms with Crippen LogP contribution in [0, 0.1) is 11.7 Å². The molecule has 0 bridgehead atoms. The molecule has 0 aliphatic carbocycles. The standard InChI is InChI=1S/C19H24FN3O4S2/c1-29(25,26)22-9-7-13(8-10-22)18(24)23(12-14-4-3-11-27-14)19-21-17-15(20)5-2-6-16(17)28-19/h2,5-6,13-14H,3-4,7-12H2,1H3. The van der Waals surface area contributed by atoms with Crippen LogP contribution in [0.25, 0.3) is 10.2 Å². The largest absolute Gasteiger partial charge is 0.376 e. The first-order chi connectivity index (χ1) is 13.8. The highest BCUT2D eigenvalue weighted by Crippen LogP contribution is 2.33. The predicted octanol–water partition coefficient (Wildman–Crippen LogP) is 2.62. The lowest BCUT2D eigenvalue weighted by Gasteiger charge is -2.33. The van der Waals surface area contributed by atoms with Gasteiger partial charge in [0.05, 0.1) is 23.6 Å². The molecule has 3 heterocycles. The summed E-state index contributed by atoms with van der Waals surface area (Å²) >= 11 is 1.29. The van der Waals surface area contributed by atoms with Gasteiger partial charge in [-0.05, 0) is 37.8 Å². The lowest BCUT2D eigenvalue weighted by atomic mass is 9.96. The number of rotatable bonds is 5. The SMILES string of the molecule is CS(=O)(=O)N1CCC(C(=O)N(CC2CCCO2)c2nc3c(F)cccc3s2)CC1. The highest BCUT2D eigenvalue weighted by Gasteiger charge is 2.34. The lowest BCUT2D eigenvalue weighted by molar-refractivity contribution is -0.123. The molecule has 2 saturated heterocycles. The topological polar surface area (TPSA) is 79.8 Å². The first-order valence-electron chi connectivity index (χ1n) is 9.76. The Hall–Kier alpha value is -1.62. The Balaban J connectivity index is 1.58. The molecule has 1 amide bonds. The monoisotopic (exact) mass is 441 g/mol. The molecule has 1 atom stereocenters. The van der Waals surface area contributed by atoms with E-state index in [1.807, 2.05) is 0 Å². The van der Waals surface area contributed by atoms with Crippen LogP contribution in [0.4, 0.5) is 9.52 Å². The molecule has 0 N–H and O–H groups in total. The van der Waals surface area contributed by atoms with Gasteiger partial charge in [-0.25, -0.2) is 22.1 Å². The van der Waals surface area contributed by atoms with E-state index in [9.17, 15) is 17.6 Å². The molecule has 2 aromatic rings. The second kappa shape index (κ2) is 8.25. The van der Waals surface area contributed by atoms with Crippen molar-refractivity contribution in [2.24, 2.45) is 5.92 Å². The maximum absolute atomic E-state index is 14.1. The van der Waals surface area contributed by atoms with Gasteiger partial charge in [0.25, 0.3) is 0 Å². The Bertz CT molecular complexity index is 996. The molecule has 1 unspecified atom stereocenters. The van der Waals surface area contributed by atoms with Crippen LogP contribution < -0.4 is 4.90 Å². The third-order valence-electron chi connectivity index (χ3n) is 5.54. The van der Waals surface area contributed by atoms with E-state index in [-0.39, 0.29) is 23.4 Å². The summed E-state index contributed by atoms with van der Waals surface area (Å²) in [6.45, 7) is 1.72. The minimum atomic E-state index is -3.25. The molecule has 0 radical (unpaired) electrons. The van der Waals surface area contributed by atoms with Crippen molar-refractivity contribution >= 4 is 42.6 Å². The van der Waals surface area contributed by atoms with Crippen molar-refractivity contribution in [2.45, 2.75) is 31.8 Å². The predicted molar refractivity (Wildman–Crippen MR) is 110 cm³/mol. The fourth-order valence-electron chi connectivity index (χ4n) is 3.93. The minimum absolute atomic E-state index is 0.0630. The Morgan fingerprint density at radius 3 is 2.72 bits per heavy atom. The molecule has 2 fully saturated rings. The summed E-state index contributed by atoms with van der Waals surface area (Å²) in [5.74, 6) is -0.782. The third-order valence-corrected chi connectivity index (χ3v) is 7.88. The molecule has 29 heavy (non-hydrogen) atoms. The van der Waals surface area contributed by atoms with E-state index in [4.69, 9.17) is 4.74 Å². The van der Waals surface area contributed by atoms with E-state index < -0.39 is 15.8 Å². The number of ether oxygens (including phenoxy) is 1. The van der Waals surface area contributed by atoms with Crippen LogP contribution in [0.5, 0.6) is 0 Å². The Labute approximate surface area is 173 Å².